The Labute approximate surface area is 166 Å². The van der Waals surface area contributed by atoms with Crippen molar-refractivity contribution in [3.05, 3.63) is 45.9 Å². The van der Waals surface area contributed by atoms with Gasteiger partial charge in [0, 0.05) is 31.0 Å². The molecule has 1 amide bonds. The molecule has 1 atom stereocenters. The van der Waals surface area contributed by atoms with Crippen LogP contribution >= 0.6 is 11.3 Å². The molecule has 146 valence electrons. The number of rotatable bonds is 5. The number of nitrogens with zero attached hydrogens (tertiary/aromatic N) is 5. The minimum absolute atomic E-state index is 0.0379. The fraction of sp³-hybridized carbons (Fsp3) is 0.421. The monoisotopic (exact) mass is 399 g/mol. The van der Waals surface area contributed by atoms with Crippen LogP contribution in [0.4, 0.5) is 0 Å². The standard InChI is InChI=1S/C19H21N5O3S/c1-12-17(28-13(2)21-12)19(25)24-9-3-4-15(10-24)26-11-16-22-18(27-23-16)14-5-7-20-8-6-14/h5-8,15H,3-4,9-11H2,1-2H3. The number of ether oxygens (including phenoxy) is 1. The van der Waals surface area contributed by atoms with Crippen molar-refractivity contribution >= 4 is 17.2 Å². The lowest BCUT2D eigenvalue weighted by molar-refractivity contribution is -0.00950. The van der Waals surface area contributed by atoms with E-state index in [0.29, 0.717) is 18.3 Å². The summed E-state index contributed by atoms with van der Waals surface area (Å²) in [6, 6.07) is 3.62. The van der Waals surface area contributed by atoms with Gasteiger partial charge in [-0.15, -0.1) is 11.3 Å². The molecule has 0 radical (unpaired) electrons. The summed E-state index contributed by atoms with van der Waals surface area (Å²) in [5.41, 5.74) is 1.62. The van der Waals surface area contributed by atoms with E-state index in [-0.39, 0.29) is 18.6 Å². The highest BCUT2D eigenvalue weighted by Crippen LogP contribution is 2.23. The molecule has 1 saturated heterocycles. The van der Waals surface area contributed by atoms with Crippen LogP contribution in [0.15, 0.2) is 29.0 Å². The first-order valence-corrected chi connectivity index (χ1v) is 9.99. The molecule has 28 heavy (non-hydrogen) atoms. The minimum Gasteiger partial charge on any atom is -0.368 e. The molecule has 3 aromatic rings. The zero-order chi connectivity index (χ0) is 19.5. The molecule has 4 rings (SSSR count). The van der Waals surface area contributed by atoms with Gasteiger partial charge in [0.1, 0.15) is 11.5 Å². The third-order valence-electron chi connectivity index (χ3n) is 4.61. The first kappa shape index (κ1) is 18.7. The fourth-order valence-corrected chi connectivity index (χ4v) is 4.14. The van der Waals surface area contributed by atoms with E-state index < -0.39 is 0 Å². The van der Waals surface area contributed by atoms with Crippen LogP contribution in [-0.4, -0.2) is 50.1 Å². The SMILES string of the molecule is Cc1nc(C)c(C(=O)N2CCCC(OCc3noc(-c4ccncc4)n3)C2)s1. The summed E-state index contributed by atoms with van der Waals surface area (Å²) in [7, 11) is 0. The number of hydrogen-bond donors (Lipinski definition) is 0. The van der Waals surface area contributed by atoms with E-state index in [2.05, 4.69) is 20.1 Å². The molecule has 0 aliphatic carbocycles. The Bertz CT molecular complexity index is 956. The highest BCUT2D eigenvalue weighted by atomic mass is 32.1. The number of aromatic nitrogens is 4. The minimum atomic E-state index is -0.0464. The van der Waals surface area contributed by atoms with Gasteiger partial charge in [-0.05, 0) is 38.8 Å². The van der Waals surface area contributed by atoms with Crippen molar-refractivity contribution in [2.45, 2.75) is 39.4 Å². The molecular formula is C19H21N5O3S. The topological polar surface area (TPSA) is 94.2 Å². The number of piperidine rings is 1. The van der Waals surface area contributed by atoms with E-state index in [1.54, 1.807) is 12.4 Å². The highest BCUT2D eigenvalue weighted by molar-refractivity contribution is 7.13. The zero-order valence-electron chi connectivity index (χ0n) is 15.8. The van der Waals surface area contributed by atoms with Crippen LogP contribution < -0.4 is 0 Å². The number of carbonyl (C=O) groups is 1. The Kier molecular flexibility index (Phi) is 5.45. The second-order valence-electron chi connectivity index (χ2n) is 6.73. The third-order valence-corrected chi connectivity index (χ3v) is 5.67. The van der Waals surface area contributed by atoms with Gasteiger partial charge in [0.2, 0.25) is 0 Å². The maximum Gasteiger partial charge on any atom is 0.265 e. The van der Waals surface area contributed by atoms with Gasteiger partial charge < -0.3 is 14.2 Å². The van der Waals surface area contributed by atoms with Gasteiger partial charge in [-0.2, -0.15) is 4.98 Å². The molecule has 1 aliphatic rings. The Morgan fingerprint density at radius 2 is 2.14 bits per heavy atom. The molecule has 8 nitrogen and oxygen atoms in total. The van der Waals surface area contributed by atoms with Crippen LogP contribution in [0.2, 0.25) is 0 Å². The number of aryl methyl sites for hydroxylation is 2. The summed E-state index contributed by atoms with van der Waals surface area (Å²) < 4.78 is 11.3. The van der Waals surface area contributed by atoms with E-state index in [0.717, 1.165) is 40.5 Å². The van der Waals surface area contributed by atoms with Crippen LogP contribution in [0.25, 0.3) is 11.5 Å². The van der Waals surface area contributed by atoms with Gasteiger partial charge in [0.25, 0.3) is 11.8 Å². The summed E-state index contributed by atoms with van der Waals surface area (Å²) in [6.07, 6.45) is 5.11. The molecule has 0 bridgehead atoms. The number of amides is 1. The van der Waals surface area contributed by atoms with Gasteiger partial charge in [-0.25, -0.2) is 4.98 Å². The second-order valence-corrected chi connectivity index (χ2v) is 7.93. The fourth-order valence-electron chi connectivity index (χ4n) is 3.25. The van der Waals surface area contributed by atoms with Gasteiger partial charge in [0.15, 0.2) is 5.82 Å². The summed E-state index contributed by atoms with van der Waals surface area (Å²) in [6.45, 7) is 5.35. The molecule has 1 unspecified atom stereocenters. The van der Waals surface area contributed by atoms with E-state index in [4.69, 9.17) is 9.26 Å². The van der Waals surface area contributed by atoms with Gasteiger partial charge in [-0.1, -0.05) is 5.16 Å². The quantitative estimate of drug-likeness (QED) is 0.651. The van der Waals surface area contributed by atoms with Crippen molar-refractivity contribution < 1.29 is 14.1 Å². The average Bonchev–Trinajstić information content (AvgIpc) is 3.33. The summed E-state index contributed by atoms with van der Waals surface area (Å²) in [4.78, 5) is 28.1. The molecule has 3 aromatic heterocycles. The molecule has 1 fully saturated rings. The van der Waals surface area contributed by atoms with Gasteiger partial charge >= 0.3 is 0 Å². The van der Waals surface area contributed by atoms with Crippen LogP contribution in [0.5, 0.6) is 0 Å². The van der Waals surface area contributed by atoms with Crippen LogP contribution in [0, 0.1) is 13.8 Å². The maximum atomic E-state index is 12.8. The lowest BCUT2D eigenvalue weighted by Crippen LogP contribution is -2.43. The zero-order valence-corrected chi connectivity index (χ0v) is 16.6. The van der Waals surface area contributed by atoms with Gasteiger partial charge in [0.05, 0.1) is 16.8 Å². The molecule has 0 N–H and O–H groups in total. The van der Waals surface area contributed by atoms with Crippen molar-refractivity contribution in [2.75, 3.05) is 13.1 Å². The number of pyridine rings is 1. The second kappa shape index (κ2) is 8.15. The Morgan fingerprint density at radius 3 is 2.89 bits per heavy atom. The first-order valence-electron chi connectivity index (χ1n) is 9.18. The van der Waals surface area contributed by atoms with Crippen molar-refractivity contribution in [1.29, 1.82) is 0 Å². The number of likely N-dealkylation sites (tertiary alicyclic amines) is 1. The Hall–Kier alpha value is -2.65. The Morgan fingerprint density at radius 1 is 1.32 bits per heavy atom. The molecule has 1 aliphatic heterocycles. The third kappa shape index (κ3) is 4.10. The lowest BCUT2D eigenvalue weighted by atomic mass is 10.1. The molecule has 4 heterocycles. The van der Waals surface area contributed by atoms with Crippen molar-refractivity contribution in [1.82, 2.24) is 25.0 Å². The summed E-state index contributed by atoms with van der Waals surface area (Å²) >= 11 is 1.45. The van der Waals surface area contributed by atoms with Crippen molar-refractivity contribution in [3.63, 3.8) is 0 Å². The van der Waals surface area contributed by atoms with E-state index in [9.17, 15) is 4.79 Å². The molecular weight excluding hydrogens is 378 g/mol. The molecule has 0 aromatic carbocycles. The number of thiazole rings is 1. The predicted octanol–water partition coefficient (Wildman–Crippen LogP) is 3.03. The van der Waals surface area contributed by atoms with Gasteiger partial charge in [-0.3, -0.25) is 9.78 Å². The predicted molar refractivity (Wildman–Crippen MR) is 103 cm³/mol. The largest absolute Gasteiger partial charge is 0.368 e. The smallest absolute Gasteiger partial charge is 0.265 e. The van der Waals surface area contributed by atoms with Crippen LogP contribution in [0.1, 0.15) is 39.0 Å². The summed E-state index contributed by atoms with van der Waals surface area (Å²) in [5.74, 6) is 0.970. The van der Waals surface area contributed by atoms with E-state index in [1.165, 1.54) is 11.3 Å². The molecule has 9 heteroatoms. The molecule has 0 spiro atoms. The summed E-state index contributed by atoms with van der Waals surface area (Å²) in [5, 5.41) is 4.88. The molecule has 0 saturated carbocycles. The number of carbonyl (C=O) groups excluding carboxylic acids is 1. The first-order chi connectivity index (χ1) is 13.6. The normalized spacial score (nSPS) is 17.1. The van der Waals surface area contributed by atoms with Crippen LogP contribution in [-0.2, 0) is 11.3 Å². The lowest BCUT2D eigenvalue weighted by Gasteiger charge is -2.32. The Balaban J connectivity index is 1.35. The average molecular weight is 399 g/mol. The van der Waals surface area contributed by atoms with Crippen molar-refractivity contribution in [2.24, 2.45) is 0 Å². The number of hydrogen-bond acceptors (Lipinski definition) is 8. The highest BCUT2D eigenvalue weighted by Gasteiger charge is 2.27. The van der Waals surface area contributed by atoms with Crippen molar-refractivity contribution in [3.8, 4) is 11.5 Å². The van der Waals surface area contributed by atoms with Crippen LogP contribution in [0.3, 0.4) is 0 Å². The maximum absolute atomic E-state index is 12.8. The van der Waals surface area contributed by atoms with E-state index in [1.807, 2.05) is 30.9 Å². The van der Waals surface area contributed by atoms with E-state index >= 15 is 0 Å².